The van der Waals surface area contributed by atoms with Crippen LogP contribution in [0.15, 0.2) is 12.4 Å². The van der Waals surface area contributed by atoms with E-state index in [2.05, 4.69) is 5.10 Å². The zero-order valence-electron chi connectivity index (χ0n) is 8.59. The Labute approximate surface area is 92.6 Å². The van der Waals surface area contributed by atoms with Gasteiger partial charge in [-0.1, -0.05) is 0 Å². The molecule has 3 N–H and O–H groups in total. The molecule has 84 valence electrons. The van der Waals surface area contributed by atoms with E-state index in [9.17, 15) is 4.79 Å². The summed E-state index contributed by atoms with van der Waals surface area (Å²) in [4.78, 5) is 10.4. The van der Waals surface area contributed by atoms with E-state index in [0.29, 0.717) is 5.75 Å². The molecule has 0 saturated heterocycles. The summed E-state index contributed by atoms with van der Waals surface area (Å²) in [5.74, 6) is 0.222. The Hall–Kier alpha value is -1.01. The number of carbonyl (C=O) groups is 1. The highest BCUT2D eigenvalue weighted by molar-refractivity contribution is 7.98. The minimum Gasteiger partial charge on any atom is -0.480 e. The van der Waals surface area contributed by atoms with Gasteiger partial charge in [0.1, 0.15) is 6.04 Å². The fraction of sp³-hybridized carbons (Fsp3) is 0.556. The predicted octanol–water partition coefficient (Wildman–Crippen LogP) is 0.548. The summed E-state index contributed by atoms with van der Waals surface area (Å²) < 4.78 is 1.84. The monoisotopic (exact) mass is 229 g/mol. The van der Waals surface area contributed by atoms with Crippen LogP contribution in [-0.4, -0.2) is 32.7 Å². The minimum atomic E-state index is -0.952. The molecule has 0 fully saturated rings. The molecular weight excluding hydrogens is 214 g/mol. The van der Waals surface area contributed by atoms with Gasteiger partial charge in [0.05, 0.1) is 6.20 Å². The van der Waals surface area contributed by atoms with E-state index in [1.165, 1.54) is 11.8 Å². The van der Waals surface area contributed by atoms with Gasteiger partial charge in [0.2, 0.25) is 0 Å². The summed E-state index contributed by atoms with van der Waals surface area (Å²) in [6.07, 6.45) is 3.75. The molecular formula is C9H15N3O2S. The summed E-state index contributed by atoms with van der Waals surface area (Å²) in [5, 5.41) is 12.7. The summed E-state index contributed by atoms with van der Waals surface area (Å²) in [6, 6.07) is -0.781. The Bertz CT molecular complexity index is 327. The Kier molecular flexibility index (Phi) is 4.64. The Morgan fingerprint density at radius 2 is 2.53 bits per heavy atom. The number of thioether (sulfide) groups is 1. The molecule has 0 unspecified atom stereocenters. The maximum atomic E-state index is 10.4. The normalized spacial score (nSPS) is 12.7. The number of aliphatic carboxylic acids is 1. The van der Waals surface area contributed by atoms with Gasteiger partial charge in [-0.25, -0.2) is 0 Å². The molecule has 0 amide bonds. The van der Waals surface area contributed by atoms with Crippen LogP contribution in [0.4, 0.5) is 0 Å². The molecule has 1 rings (SSSR count). The lowest BCUT2D eigenvalue weighted by atomic mass is 10.4. The highest BCUT2D eigenvalue weighted by Crippen LogP contribution is 2.11. The van der Waals surface area contributed by atoms with Crippen molar-refractivity contribution < 1.29 is 9.90 Å². The number of aryl methyl sites for hydroxylation is 1. The highest BCUT2D eigenvalue weighted by Gasteiger charge is 2.10. The van der Waals surface area contributed by atoms with Crippen LogP contribution in [0.1, 0.15) is 12.5 Å². The first-order valence-electron chi connectivity index (χ1n) is 4.71. The van der Waals surface area contributed by atoms with Gasteiger partial charge in [-0.05, 0) is 12.5 Å². The van der Waals surface area contributed by atoms with Crippen LogP contribution in [0.25, 0.3) is 0 Å². The molecule has 1 aromatic heterocycles. The molecule has 1 atom stereocenters. The van der Waals surface area contributed by atoms with E-state index in [1.807, 2.05) is 17.8 Å². The zero-order valence-corrected chi connectivity index (χ0v) is 9.41. The Balaban J connectivity index is 2.28. The van der Waals surface area contributed by atoms with E-state index < -0.39 is 12.0 Å². The fourth-order valence-electron chi connectivity index (χ4n) is 1.03. The van der Waals surface area contributed by atoms with Crippen LogP contribution >= 0.6 is 11.8 Å². The standard InChI is InChI=1S/C9H15N3O2S/c1-2-12-4-7(3-11-12)5-15-6-8(10)9(13)14/h3-4,8H,2,5-6,10H2,1H3,(H,13,14)/t8-/m0/s1. The van der Waals surface area contributed by atoms with Crippen molar-refractivity contribution in [1.82, 2.24) is 9.78 Å². The van der Waals surface area contributed by atoms with Gasteiger partial charge >= 0.3 is 5.97 Å². The van der Waals surface area contributed by atoms with Crippen molar-refractivity contribution in [2.75, 3.05) is 5.75 Å². The zero-order chi connectivity index (χ0) is 11.3. The third-order valence-electron chi connectivity index (χ3n) is 1.89. The molecule has 0 spiro atoms. The summed E-state index contributed by atoms with van der Waals surface area (Å²) in [7, 11) is 0. The number of nitrogens with zero attached hydrogens (tertiary/aromatic N) is 2. The van der Waals surface area contributed by atoms with Gasteiger partial charge in [0.25, 0.3) is 0 Å². The van der Waals surface area contributed by atoms with Gasteiger partial charge in [-0.3, -0.25) is 9.48 Å². The summed E-state index contributed by atoms with van der Waals surface area (Å²) >= 11 is 1.51. The van der Waals surface area contributed by atoms with Crippen LogP contribution in [0, 0.1) is 0 Å². The maximum absolute atomic E-state index is 10.4. The van der Waals surface area contributed by atoms with Crippen LogP contribution in [0.3, 0.4) is 0 Å². The van der Waals surface area contributed by atoms with Crippen molar-refractivity contribution >= 4 is 17.7 Å². The van der Waals surface area contributed by atoms with Crippen LogP contribution < -0.4 is 5.73 Å². The number of nitrogens with two attached hydrogens (primary N) is 1. The third-order valence-corrected chi connectivity index (χ3v) is 3.03. The predicted molar refractivity (Wildman–Crippen MR) is 59.7 cm³/mol. The first kappa shape index (κ1) is 12.1. The van der Waals surface area contributed by atoms with Gasteiger partial charge in [-0.2, -0.15) is 16.9 Å². The van der Waals surface area contributed by atoms with Gasteiger partial charge in [0.15, 0.2) is 0 Å². The van der Waals surface area contributed by atoms with Crippen molar-refractivity contribution in [3.63, 3.8) is 0 Å². The molecule has 0 radical (unpaired) electrons. The lowest BCUT2D eigenvalue weighted by Gasteiger charge is -2.04. The van der Waals surface area contributed by atoms with Crippen LogP contribution in [0.5, 0.6) is 0 Å². The highest BCUT2D eigenvalue weighted by atomic mass is 32.2. The number of rotatable bonds is 6. The molecule has 1 heterocycles. The second kappa shape index (κ2) is 5.77. The maximum Gasteiger partial charge on any atom is 0.321 e. The van der Waals surface area contributed by atoms with Crippen LogP contribution in [0.2, 0.25) is 0 Å². The molecule has 15 heavy (non-hydrogen) atoms. The van der Waals surface area contributed by atoms with Gasteiger partial charge in [0, 0.05) is 24.2 Å². The fourth-order valence-corrected chi connectivity index (χ4v) is 1.93. The van der Waals surface area contributed by atoms with Crippen molar-refractivity contribution in [2.24, 2.45) is 5.73 Å². The van der Waals surface area contributed by atoms with E-state index in [4.69, 9.17) is 10.8 Å². The number of aromatic nitrogens is 2. The lowest BCUT2D eigenvalue weighted by molar-refractivity contribution is -0.137. The van der Waals surface area contributed by atoms with E-state index in [1.54, 1.807) is 6.20 Å². The molecule has 5 nitrogen and oxygen atoms in total. The van der Waals surface area contributed by atoms with Gasteiger partial charge in [-0.15, -0.1) is 0 Å². The third kappa shape index (κ3) is 3.93. The molecule has 6 heteroatoms. The number of hydrogen-bond donors (Lipinski definition) is 2. The Morgan fingerprint density at radius 1 is 1.80 bits per heavy atom. The molecule has 0 aliphatic rings. The second-order valence-electron chi connectivity index (χ2n) is 3.16. The molecule has 0 saturated carbocycles. The lowest BCUT2D eigenvalue weighted by Crippen LogP contribution is -2.32. The van der Waals surface area contributed by atoms with Crippen molar-refractivity contribution in [3.05, 3.63) is 18.0 Å². The summed E-state index contributed by atoms with van der Waals surface area (Å²) in [6.45, 7) is 2.86. The topological polar surface area (TPSA) is 81.1 Å². The molecule has 0 aliphatic heterocycles. The first-order chi connectivity index (χ1) is 7.13. The summed E-state index contributed by atoms with van der Waals surface area (Å²) in [5.41, 5.74) is 6.47. The SMILES string of the molecule is CCn1cc(CSC[C@H](N)C(=O)O)cn1. The minimum absolute atomic E-state index is 0.423. The van der Waals surface area contributed by atoms with Gasteiger partial charge < -0.3 is 10.8 Å². The average molecular weight is 229 g/mol. The molecule has 1 aromatic rings. The second-order valence-corrected chi connectivity index (χ2v) is 4.19. The number of hydrogen-bond acceptors (Lipinski definition) is 4. The first-order valence-corrected chi connectivity index (χ1v) is 5.86. The number of carboxylic acids is 1. The molecule has 0 aromatic carbocycles. The van der Waals surface area contributed by atoms with E-state index in [0.717, 1.165) is 17.9 Å². The molecule has 0 aliphatic carbocycles. The van der Waals surface area contributed by atoms with Crippen LogP contribution in [-0.2, 0) is 17.1 Å². The van der Waals surface area contributed by atoms with E-state index in [-0.39, 0.29) is 0 Å². The quantitative estimate of drug-likeness (QED) is 0.744. The molecule has 0 bridgehead atoms. The van der Waals surface area contributed by atoms with Crippen molar-refractivity contribution in [3.8, 4) is 0 Å². The van der Waals surface area contributed by atoms with Crippen molar-refractivity contribution in [2.45, 2.75) is 25.3 Å². The number of carboxylic acid groups (broad SMARTS) is 1. The largest absolute Gasteiger partial charge is 0.480 e. The van der Waals surface area contributed by atoms with Crippen molar-refractivity contribution in [1.29, 1.82) is 0 Å². The average Bonchev–Trinajstić information content (AvgIpc) is 2.65. The van der Waals surface area contributed by atoms with E-state index >= 15 is 0 Å². The smallest absolute Gasteiger partial charge is 0.321 e. The Morgan fingerprint density at radius 3 is 3.07 bits per heavy atom.